The largest absolute Gasteiger partial charge is 0.478 e. The molecule has 0 radical (unpaired) electrons. The van der Waals surface area contributed by atoms with Gasteiger partial charge in [-0.3, -0.25) is 0 Å². The normalized spacial score (nSPS) is 12.1. The summed E-state index contributed by atoms with van der Waals surface area (Å²) in [5, 5.41) is 25.0. The molecular formula is C9H8O6. The van der Waals surface area contributed by atoms with E-state index in [1.807, 2.05) is 0 Å². The number of hydrogen-bond donors (Lipinski definition) is 3. The lowest BCUT2D eigenvalue weighted by Gasteiger charge is -1.90. The minimum Gasteiger partial charge on any atom is -0.478 e. The van der Waals surface area contributed by atoms with Gasteiger partial charge in [-0.25, -0.2) is 14.4 Å². The van der Waals surface area contributed by atoms with Gasteiger partial charge in [-0.15, -0.1) is 0 Å². The molecule has 0 rings (SSSR count). The van der Waals surface area contributed by atoms with Gasteiger partial charge in [0.1, 0.15) is 0 Å². The molecule has 0 aromatic heterocycles. The van der Waals surface area contributed by atoms with Crippen molar-refractivity contribution in [2.24, 2.45) is 0 Å². The average Bonchev–Trinajstić information content (AvgIpc) is 2.09. The smallest absolute Gasteiger partial charge is 0.335 e. The van der Waals surface area contributed by atoms with Crippen LogP contribution in [0.1, 0.15) is 0 Å². The maximum atomic E-state index is 10.5. The van der Waals surface area contributed by atoms with E-state index in [2.05, 4.69) is 0 Å². The lowest BCUT2D eigenvalue weighted by molar-refractivity contribution is -0.133. The summed E-state index contributed by atoms with van der Waals surface area (Å²) in [5.41, 5.74) is -0.324. The van der Waals surface area contributed by atoms with Crippen LogP contribution in [0.3, 0.4) is 0 Å². The first-order valence-electron chi connectivity index (χ1n) is 3.69. The molecule has 0 aliphatic carbocycles. The van der Waals surface area contributed by atoms with Gasteiger partial charge in [0.15, 0.2) is 0 Å². The van der Waals surface area contributed by atoms with Crippen molar-refractivity contribution in [1.29, 1.82) is 0 Å². The first kappa shape index (κ1) is 12.6. The van der Waals surface area contributed by atoms with Gasteiger partial charge in [0.2, 0.25) is 0 Å². The molecule has 3 N–H and O–H groups in total. The predicted molar refractivity (Wildman–Crippen MR) is 49.3 cm³/mol. The molecule has 0 aromatic rings. The zero-order chi connectivity index (χ0) is 11.8. The molecule has 80 valence electrons. The molecule has 0 fully saturated rings. The first-order valence-corrected chi connectivity index (χ1v) is 3.69. The van der Waals surface area contributed by atoms with Gasteiger partial charge in [-0.2, -0.15) is 0 Å². The fourth-order valence-electron chi connectivity index (χ4n) is 0.593. The molecule has 6 nitrogen and oxygen atoms in total. The number of hydrogen-bond acceptors (Lipinski definition) is 3. The Kier molecular flexibility index (Phi) is 5.17. The summed E-state index contributed by atoms with van der Waals surface area (Å²) in [5.74, 6) is -3.86. The van der Waals surface area contributed by atoms with Gasteiger partial charge in [-0.05, 0) is 12.2 Å². The van der Waals surface area contributed by atoms with E-state index in [9.17, 15) is 14.4 Å². The van der Waals surface area contributed by atoms with Gasteiger partial charge < -0.3 is 15.3 Å². The summed E-state index contributed by atoms with van der Waals surface area (Å²) in [6.45, 7) is 0. The van der Waals surface area contributed by atoms with Crippen LogP contribution in [0, 0.1) is 0 Å². The van der Waals surface area contributed by atoms with Crippen LogP contribution in [0.4, 0.5) is 0 Å². The van der Waals surface area contributed by atoms with E-state index in [-0.39, 0.29) is 5.57 Å². The SMILES string of the molecule is O=C(O)C=CC=C(C=CC(=O)O)C(=O)O. The van der Waals surface area contributed by atoms with Crippen molar-refractivity contribution in [1.82, 2.24) is 0 Å². The van der Waals surface area contributed by atoms with Crippen LogP contribution < -0.4 is 0 Å². The molecule has 0 atom stereocenters. The molecule has 0 spiro atoms. The van der Waals surface area contributed by atoms with Crippen molar-refractivity contribution in [3.63, 3.8) is 0 Å². The van der Waals surface area contributed by atoms with Crippen molar-refractivity contribution in [2.45, 2.75) is 0 Å². The summed E-state index contributed by atoms with van der Waals surface area (Å²) in [6, 6.07) is 0. The van der Waals surface area contributed by atoms with E-state index in [1.165, 1.54) is 0 Å². The van der Waals surface area contributed by atoms with Crippen LogP contribution in [0.25, 0.3) is 0 Å². The van der Waals surface area contributed by atoms with Crippen molar-refractivity contribution in [3.8, 4) is 0 Å². The minimum absolute atomic E-state index is 0.324. The standard InChI is InChI=1S/C9H8O6/c10-7(11)3-1-2-6(9(14)15)4-5-8(12)13/h1-5H,(H,10,11)(H,12,13)(H,14,15). The second kappa shape index (κ2) is 6.14. The van der Waals surface area contributed by atoms with E-state index in [0.717, 1.165) is 24.3 Å². The minimum atomic E-state index is -1.34. The molecule has 0 heterocycles. The Hall–Kier alpha value is -2.37. The summed E-state index contributed by atoms with van der Waals surface area (Å²) >= 11 is 0. The third-order valence-electron chi connectivity index (χ3n) is 1.17. The van der Waals surface area contributed by atoms with Crippen LogP contribution in [0.5, 0.6) is 0 Å². The zero-order valence-corrected chi connectivity index (χ0v) is 7.45. The third-order valence-corrected chi connectivity index (χ3v) is 1.17. The highest BCUT2D eigenvalue weighted by Gasteiger charge is 2.01. The molecular weight excluding hydrogens is 204 g/mol. The van der Waals surface area contributed by atoms with E-state index in [4.69, 9.17) is 15.3 Å². The Morgan fingerprint density at radius 3 is 1.73 bits per heavy atom. The number of aliphatic carboxylic acids is 3. The number of rotatable bonds is 5. The maximum absolute atomic E-state index is 10.5. The van der Waals surface area contributed by atoms with Crippen LogP contribution in [0.2, 0.25) is 0 Å². The highest BCUT2D eigenvalue weighted by Crippen LogP contribution is 1.98. The average molecular weight is 212 g/mol. The van der Waals surface area contributed by atoms with Crippen LogP contribution in [0.15, 0.2) is 36.0 Å². The fourth-order valence-corrected chi connectivity index (χ4v) is 0.593. The molecule has 0 bridgehead atoms. The number of allylic oxidation sites excluding steroid dienone is 2. The molecule has 0 saturated carbocycles. The van der Waals surface area contributed by atoms with Crippen molar-refractivity contribution in [2.75, 3.05) is 0 Å². The van der Waals surface area contributed by atoms with Crippen LogP contribution >= 0.6 is 0 Å². The van der Waals surface area contributed by atoms with Crippen molar-refractivity contribution in [3.05, 3.63) is 36.0 Å². The van der Waals surface area contributed by atoms with Crippen LogP contribution in [-0.2, 0) is 14.4 Å². The van der Waals surface area contributed by atoms with Gasteiger partial charge in [0.25, 0.3) is 0 Å². The van der Waals surface area contributed by atoms with Crippen LogP contribution in [-0.4, -0.2) is 33.2 Å². The highest BCUT2D eigenvalue weighted by molar-refractivity contribution is 5.93. The number of carboxylic acid groups (broad SMARTS) is 3. The monoisotopic (exact) mass is 212 g/mol. The number of carboxylic acids is 3. The second-order valence-electron chi connectivity index (χ2n) is 2.30. The van der Waals surface area contributed by atoms with Crippen molar-refractivity contribution < 1.29 is 29.7 Å². The molecule has 0 amide bonds. The molecule has 15 heavy (non-hydrogen) atoms. The topological polar surface area (TPSA) is 112 Å². The fraction of sp³-hybridized carbons (Fsp3) is 0. The molecule has 6 heteroatoms. The Balaban J connectivity index is 4.74. The predicted octanol–water partition coefficient (Wildman–Crippen LogP) is 0.279. The Bertz CT molecular complexity index is 361. The maximum Gasteiger partial charge on any atom is 0.335 e. The van der Waals surface area contributed by atoms with Gasteiger partial charge in [-0.1, -0.05) is 6.08 Å². The Morgan fingerprint density at radius 2 is 1.33 bits per heavy atom. The van der Waals surface area contributed by atoms with Crippen molar-refractivity contribution >= 4 is 17.9 Å². The second-order valence-corrected chi connectivity index (χ2v) is 2.30. The van der Waals surface area contributed by atoms with E-state index in [0.29, 0.717) is 6.08 Å². The molecule has 0 aliphatic heterocycles. The zero-order valence-electron chi connectivity index (χ0n) is 7.45. The lowest BCUT2D eigenvalue weighted by atomic mass is 10.2. The van der Waals surface area contributed by atoms with Gasteiger partial charge in [0.05, 0.1) is 5.57 Å². The quantitative estimate of drug-likeness (QED) is 0.445. The van der Waals surface area contributed by atoms with E-state index >= 15 is 0 Å². The molecule has 0 unspecified atom stereocenters. The highest BCUT2D eigenvalue weighted by atomic mass is 16.4. The summed E-state index contributed by atoms with van der Waals surface area (Å²) < 4.78 is 0. The molecule has 0 aromatic carbocycles. The first-order chi connectivity index (χ1) is 6.93. The lowest BCUT2D eigenvalue weighted by Crippen LogP contribution is -1.98. The van der Waals surface area contributed by atoms with E-state index in [1.54, 1.807) is 0 Å². The Morgan fingerprint density at radius 1 is 0.800 bits per heavy atom. The summed E-state index contributed by atoms with van der Waals surface area (Å²) in [6.07, 6.45) is 4.22. The third kappa shape index (κ3) is 6.76. The summed E-state index contributed by atoms with van der Waals surface area (Å²) in [7, 11) is 0. The molecule has 0 saturated heterocycles. The van der Waals surface area contributed by atoms with E-state index < -0.39 is 17.9 Å². The number of carbonyl (C=O) groups is 3. The summed E-state index contributed by atoms with van der Waals surface area (Å²) in [4.78, 5) is 30.6. The van der Waals surface area contributed by atoms with Gasteiger partial charge in [0, 0.05) is 12.2 Å². The molecule has 0 aliphatic rings. The Labute approximate surface area is 84.5 Å². The van der Waals surface area contributed by atoms with Gasteiger partial charge >= 0.3 is 17.9 Å².